The van der Waals surface area contributed by atoms with Crippen LogP contribution < -0.4 is 5.73 Å². The maximum atomic E-state index is 9.29. The first-order chi connectivity index (χ1) is 10.3. The van der Waals surface area contributed by atoms with Crippen molar-refractivity contribution in [3.05, 3.63) is 59.9 Å². The topological polar surface area (TPSA) is 75.6 Å². The molecule has 0 aliphatic rings. The van der Waals surface area contributed by atoms with Gasteiger partial charge in [0.05, 0.1) is 11.1 Å². The molecule has 4 nitrogen and oxygen atoms in total. The zero-order valence-corrected chi connectivity index (χ0v) is 12.0. The van der Waals surface area contributed by atoms with E-state index in [9.17, 15) is 5.26 Å². The van der Waals surface area contributed by atoms with Crippen molar-refractivity contribution in [3.63, 3.8) is 0 Å². The van der Waals surface area contributed by atoms with Gasteiger partial charge in [-0.25, -0.2) is 9.97 Å². The summed E-state index contributed by atoms with van der Waals surface area (Å²) in [5.74, 6) is 0. The van der Waals surface area contributed by atoms with Gasteiger partial charge in [-0.05, 0) is 23.8 Å². The van der Waals surface area contributed by atoms with Gasteiger partial charge >= 0.3 is 0 Å². The Kier molecular flexibility index (Phi) is 3.82. The molecule has 3 aromatic rings. The molecule has 3 rings (SSSR count). The highest BCUT2D eigenvalue weighted by Crippen LogP contribution is 2.33. The van der Waals surface area contributed by atoms with Crippen LogP contribution in [0.2, 0.25) is 0 Å². The number of hydrogen-bond acceptors (Lipinski definition) is 5. The number of nitrogens with zero attached hydrogens (tertiary/aromatic N) is 3. The number of nitriles is 1. The van der Waals surface area contributed by atoms with Crippen LogP contribution in [0.3, 0.4) is 0 Å². The zero-order valence-electron chi connectivity index (χ0n) is 11.2. The van der Waals surface area contributed by atoms with Crippen molar-refractivity contribution in [1.29, 1.82) is 5.26 Å². The smallest absolute Gasteiger partial charge is 0.117 e. The van der Waals surface area contributed by atoms with Gasteiger partial charge in [0.2, 0.25) is 0 Å². The van der Waals surface area contributed by atoms with E-state index in [-0.39, 0.29) is 0 Å². The molecule has 102 valence electrons. The van der Waals surface area contributed by atoms with Crippen molar-refractivity contribution in [2.24, 2.45) is 5.73 Å². The quantitative estimate of drug-likeness (QED) is 0.751. The Bertz CT molecular complexity index is 834. The highest BCUT2D eigenvalue weighted by molar-refractivity contribution is 7.99. The van der Waals surface area contributed by atoms with Gasteiger partial charge in [-0.3, -0.25) is 0 Å². The van der Waals surface area contributed by atoms with Crippen molar-refractivity contribution < 1.29 is 0 Å². The second-order valence-electron chi connectivity index (χ2n) is 4.44. The van der Waals surface area contributed by atoms with E-state index in [1.54, 1.807) is 6.33 Å². The SMILES string of the molecule is N#Cc1cc(CN)ccc1Sc1ncnc2ccccc12. The second-order valence-corrected chi connectivity index (χ2v) is 5.48. The molecule has 0 saturated carbocycles. The summed E-state index contributed by atoms with van der Waals surface area (Å²) < 4.78 is 0. The summed E-state index contributed by atoms with van der Waals surface area (Å²) in [4.78, 5) is 9.46. The lowest BCUT2D eigenvalue weighted by atomic mass is 10.1. The summed E-state index contributed by atoms with van der Waals surface area (Å²) in [7, 11) is 0. The lowest BCUT2D eigenvalue weighted by Gasteiger charge is -2.07. The van der Waals surface area contributed by atoms with Crippen molar-refractivity contribution in [2.45, 2.75) is 16.5 Å². The molecule has 2 N–H and O–H groups in total. The van der Waals surface area contributed by atoms with Gasteiger partial charge in [-0.1, -0.05) is 36.0 Å². The molecule has 0 saturated heterocycles. The normalized spacial score (nSPS) is 10.5. The van der Waals surface area contributed by atoms with Gasteiger partial charge < -0.3 is 5.73 Å². The van der Waals surface area contributed by atoms with E-state index in [1.165, 1.54) is 11.8 Å². The van der Waals surface area contributed by atoms with Crippen LogP contribution in [-0.4, -0.2) is 9.97 Å². The molecule has 0 fully saturated rings. The number of nitrogens with two attached hydrogens (primary N) is 1. The second kappa shape index (κ2) is 5.92. The molecule has 0 aliphatic heterocycles. The molecule has 0 unspecified atom stereocenters. The molecule has 0 spiro atoms. The van der Waals surface area contributed by atoms with Crippen molar-refractivity contribution >= 4 is 22.7 Å². The summed E-state index contributed by atoms with van der Waals surface area (Å²) in [6.07, 6.45) is 1.55. The van der Waals surface area contributed by atoms with E-state index in [1.807, 2.05) is 42.5 Å². The molecule has 2 aromatic carbocycles. The summed E-state index contributed by atoms with van der Waals surface area (Å²) in [6, 6.07) is 15.7. The first kappa shape index (κ1) is 13.6. The number of rotatable bonds is 3. The number of aromatic nitrogens is 2. The van der Waals surface area contributed by atoms with Gasteiger partial charge in [0.25, 0.3) is 0 Å². The zero-order chi connectivity index (χ0) is 14.7. The Balaban J connectivity index is 2.05. The lowest BCUT2D eigenvalue weighted by molar-refractivity contribution is 1.06. The first-order valence-electron chi connectivity index (χ1n) is 6.42. The number of para-hydroxylation sites is 1. The summed E-state index contributed by atoms with van der Waals surface area (Å²) in [5, 5.41) is 11.1. The van der Waals surface area contributed by atoms with Crippen molar-refractivity contribution in [2.75, 3.05) is 0 Å². The van der Waals surface area contributed by atoms with E-state index in [4.69, 9.17) is 5.73 Å². The Labute approximate surface area is 126 Å². The van der Waals surface area contributed by atoms with E-state index in [0.717, 1.165) is 26.4 Å². The predicted octanol–water partition coefficient (Wildman–Crippen LogP) is 3.11. The van der Waals surface area contributed by atoms with Gasteiger partial charge in [0, 0.05) is 16.8 Å². The van der Waals surface area contributed by atoms with Gasteiger partial charge in [0.15, 0.2) is 0 Å². The largest absolute Gasteiger partial charge is 0.326 e. The average Bonchev–Trinajstić information content (AvgIpc) is 2.55. The Morgan fingerprint density at radius 1 is 1.14 bits per heavy atom. The van der Waals surface area contributed by atoms with Crippen LogP contribution in [0, 0.1) is 11.3 Å². The van der Waals surface area contributed by atoms with Crippen LogP contribution in [0.25, 0.3) is 10.9 Å². The third-order valence-electron chi connectivity index (χ3n) is 3.11. The van der Waals surface area contributed by atoms with E-state index >= 15 is 0 Å². The molecule has 0 amide bonds. The molecule has 21 heavy (non-hydrogen) atoms. The summed E-state index contributed by atoms with van der Waals surface area (Å²) >= 11 is 1.47. The van der Waals surface area contributed by atoms with E-state index in [2.05, 4.69) is 16.0 Å². The Morgan fingerprint density at radius 2 is 2.00 bits per heavy atom. The molecule has 0 radical (unpaired) electrons. The number of benzene rings is 2. The minimum Gasteiger partial charge on any atom is -0.326 e. The van der Waals surface area contributed by atoms with Gasteiger partial charge in [-0.2, -0.15) is 5.26 Å². The predicted molar refractivity (Wildman–Crippen MR) is 82.7 cm³/mol. The Hall–Kier alpha value is -2.42. The van der Waals surface area contributed by atoms with E-state index in [0.29, 0.717) is 12.1 Å². The fraction of sp³-hybridized carbons (Fsp3) is 0.0625. The highest BCUT2D eigenvalue weighted by atomic mass is 32.2. The number of fused-ring (bicyclic) bond motifs is 1. The van der Waals surface area contributed by atoms with E-state index < -0.39 is 0 Å². The molecule has 0 atom stereocenters. The fourth-order valence-electron chi connectivity index (χ4n) is 2.05. The van der Waals surface area contributed by atoms with Crippen LogP contribution in [0.5, 0.6) is 0 Å². The third kappa shape index (κ3) is 2.72. The van der Waals surface area contributed by atoms with Crippen molar-refractivity contribution in [1.82, 2.24) is 9.97 Å². The standard InChI is InChI=1S/C16H12N4S/c17-8-11-5-6-15(12(7-11)9-18)21-16-13-3-1-2-4-14(13)19-10-20-16/h1-7,10H,8,17H2. The van der Waals surface area contributed by atoms with Crippen LogP contribution in [0.4, 0.5) is 0 Å². The maximum absolute atomic E-state index is 9.29. The summed E-state index contributed by atoms with van der Waals surface area (Å²) in [5.41, 5.74) is 8.07. The van der Waals surface area contributed by atoms with Crippen LogP contribution in [-0.2, 0) is 6.54 Å². The van der Waals surface area contributed by atoms with Gasteiger partial charge in [-0.15, -0.1) is 0 Å². The highest BCUT2D eigenvalue weighted by Gasteiger charge is 2.09. The molecular weight excluding hydrogens is 280 g/mol. The minimum absolute atomic E-state index is 0.427. The monoisotopic (exact) mass is 292 g/mol. The van der Waals surface area contributed by atoms with Crippen molar-refractivity contribution in [3.8, 4) is 6.07 Å². The third-order valence-corrected chi connectivity index (χ3v) is 4.21. The number of hydrogen-bond donors (Lipinski definition) is 1. The van der Waals surface area contributed by atoms with Crippen LogP contribution in [0.15, 0.2) is 58.7 Å². The lowest BCUT2D eigenvalue weighted by Crippen LogP contribution is -1.97. The first-order valence-corrected chi connectivity index (χ1v) is 7.24. The molecule has 5 heteroatoms. The average molecular weight is 292 g/mol. The van der Waals surface area contributed by atoms with Gasteiger partial charge in [0.1, 0.15) is 17.4 Å². The summed E-state index contributed by atoms with van der Waals surface area (Å²) in [6.45, 7) is 0.427. The minimum atomic E-state index is 0.427. The Morgan fingerprint density at radius 3 is 2.81 bits per heavy atom. The molecule has 0 bridgehead atoms. The fourth-order valence-corrected chi connectivity index (χ4v) is 2.99. The molecule has 1 aromatic heterocycles. The van der Waals surface area contributed by atoms with Crippen LogP contribution >= 0.6 is 11.8 Å². The molecule has 1 heterocycles. The maximum Gasteiger partial charge on any atom is 0.117 e. The van der Waals surface area contributed by atoms with Crippen LogP contribution in [0.1, 0.15) is 11.1 Å². The molecular formula is C16H12N4S. The molecule has 0 aliphatic carbocycles.